The fourth-order valence-corrected chi connectivity index (χ4v) is 2.89. The highest BCUT2D eigenvalue weighted by Crippen LogP contribution is 2.26. The second kappa shape index (κ2) is 7.57. The highest BCUT2D eigenvalue weighted by Gasteiger charge is 2.28. The number of benzene rings is 1. The fourth-order valence-electron chi connectivity index (χ4n) is 1.98. The van der Waals surface area contributed by atoms with E-state index in [4.69, 9.17) is 4.74 Å². The predicted molar refractivity (Wildman–Crippen MR) is 87.0 cm³/mol. The van der Waals surface area contributed by atoms with Crippen LogP contribution in [0.4, 0.5) is 14.5 Å². The van der Waals surface area contributed by atoms with Crippen LogP contribution in [0, 0.1) is 0 Å². The Kier molecular flexibility index (Phi) is 5.71. The summed E-state index contributed by atoms with van der Waals surface area (Å²) >= 11 is 0. The maximum atomic E-state index is 12.8. The number of sulfone groups is 1. The Balaban J connectivity index is 2.13. The van der Waals surface area contributed by atoms with E-state index in [9.17, 15) is 17.2 Å². The molecule has 130 valence electrons. The number of nitrogens with zero attached hydrogens (tertiary/aromatic N) is 1. The van der Waals surface area contributed by atoms with Gasteiger partial charge in [0.25, 0.3) is 0 Å². The van der Waals surface area contributed by atoms with E-state index >= 15 is 0 Å². The van der Waals surface area contributed by atoms with Gasteiger partial charge in [-0.25, -0.2) is 13.4 Å². The van der Waals surface area contributed by atoms with E-state index < -0.39 is 20.5 Å². The highest BCUT2D eigenvalue weighted by atomic mass is 32.2. The quantitative estimate of drug-likeness (QED) is 0.823. The van der Waals surface area contributed by atoms with E-state index in [1.165, 1.54) is 12.1 Å². The van der Waals surface area contributed by atoms with Gasteiger partial charge in [-0.3, -0.25) is 0 Å². The zero-order valence-electron chi connectivity index (χ0n) is 13.2. The number of nitrogens with one attached hydrogen (secondary N) is 1. The third-order valence-corrected chi connectivity index (χ3v) is 4.50. The summed E-state index contributed by atoms with van der Waals surface area (Å²) in [4.78, 5) is 3.71. The summed E-state index contributed by atoms with van der Waals surface area (Å²) in [6, 6.07) is 9.03. The second-order valence-corrected chi connectivity index (χ2v) is 7.21. The van der Waals surface area contributed by atoms with E-state index in [0.717, 1.165) is 11.6 Å². The number of rotatable bonds is 7. The Labute approximate surface area is 139 Å². The summed E-state index contributed by atoms with van der Waals surface area (Å²) in [5.41, 5.74) is 0.885. The van der Waals surface area contributed by atoms with Crippen molar-refractivity contribution >= 4 is 15.5 Å². The summed E-state index contributed by atoms with van der Waals surface area (Å²) < 4.78 is 54.3. The monoisotopic (exact) mass is 356 g/mol. The maximum Gasteiger partial charge on any atom is 0.341 e. The van der Waals surface area contributed by atoms with Crippen molar-refractivity contribution in [1.82, 2.24) is 4.98 Å². The molecule has 0 spiro atoms. The first-order valence-corrected chi connectivity index (χ1v) is 8.82. The van der Waals surface area contributed by atoms with E-state index in [1.807, 2.05) is 13.8 Å². The van der Waals surface area contributed by atoms with Gasteiger partial charge in [0.2, 0.25) is 15.7 Å². The minimum atomic E-state index is -4.66. The lowest BCUT2D eigenvalue weighted by Gasteiger charge is -2.13. The molecular weight excluding hydrogens is 338 g/mol. The molecule has 0 fully saturated rings. The average Bonchev–Trinajstić information content (AvgIpc) is 2.54. The van der Waals surface area contributed by atoms with Crippen molar-refractivity contribution in [3.8, 4) is 5.88 Å². The molecule has 0 aliphatic heterocycles. The third kappa shape index (κ3) is 4.41. The van der Waals surface area contributed by atoms with Crippen LogP contribution in [0.15, 0.2) is 47.5 Å². The lowest BCUT2D eigenvalue weighted by Crippen LogP contribution is -2.14. The standard InChI is InChI=1S/C16H18F2N2O3S/c1-11(2)23-15-8-7-12(10-20-15)9-19-13-5-3-4-6-14(13)24(21,22)16(17)18/h3-8,10-11,16,19H,9H2,1-2H3. The Morgan fingerprint density at radius 3 is 2.46 bits per heavy atom. The topological polar surface area (TPSA) is 68.3 Å². The molecule has 8 heteroatoms. The van der Waals surface area contributed by atoms with Gasteiger partial charge in [0.1, 0.15) is 0 Å². The van der Waals surface area contributed by atoms with Crippen LogP contribution >= 0.6 is 0 Å². The molecular formula is C16H18F2N2O3S. The van der Waals surface area contributed by atoms with Crippen LogP contribution in [-0.4, -0.2) is 25.3 Å². The van der Waals surface area contributed by atoms with Gasteiger partial charge in [-0.05, 0) is 31.5 Å². The normalized spacial score (nSPS) is 11.8. The molecule has 2 rings (SSSR count). The number of hydrogen-bond donors (Lipinski definition) is 1. The van der Waals surface area contributed by atoms with Crippen molar-refractivity contribution in [3.05, 3.63) is 48.2 Å². The van der Waals surface area contributed by atoms with Crippen LogP contribution in [0.3, 0.4) is 0 Å². The molecule has 0 aliphatic rings. The van der Waals surface area contributed by atoms with E-state index in [1.54, 1.807) is 24.4 Å². The van der Waals surface area contributed by atoms with E-state index in [0.29, 0.717) is 5.88 Å². The number of alkyl halides is 2. The summed E-state index contributed by atoms with van der Waals surface area (Å²) in [5, 5.41) is 2.86. The number of ether oxygens (including phenoxy) is 1. The Morgan fingerprint density at radius 2 is 1.88 bits per heavy atom. The molecule has 1 aromatic heterocycles. The van der Waals surface area contributed by atoms with Crippen molar-refractivity contribution in [2.45, 2.75) is 37.1 Å². The molecule has 2 aromatic rings. The van der Waals surface area contributed by atoms with Gasteiger partial charge >= 0.3 is 5.76 Å². The van der Waals surface area contributed by atoms with Crippen molar-refractivity contribution < 1.29 is 21.9 Å². The molecule has 1 N–H and O–H groups in total. The number of anilines is 1. The fraction of sp³-hybridized carbons (Fsp3) is 0.312. The lowest BCUT2D eigenvalue weighted by molar-refractivity contribution is 0.232. The lowest BCUT2D eigenvalue weighted by atomic mass is 10.2. The molecule has 24 heavy (non-hydrogen) atoms. The largest absolute Gasteiger partial charge is 0.475 e. The molecule has 0 unspecified atom stereocenters. The molecule has 1 heterocycles. The predicted octanol–water partition coefficient (Wildman–Crippen LogP) is 3.48. The Morgan fingerprint density at radius 1 is 1.17 bits per heavy atom. The van der Waals surface area contributed by atoms with Gasteiger partial charge in [-0.2, -0.15) is 8.78 Å². The van der Waals surface area contributed by atoms with Crippen molar-refractivity contribution in [1.29, 1.82) is 0 Å². The molecule has 0 amide bonds. The minimum Gasteiger partial charge on any atom is -0.475 e. The molecule has 0 saturated heterocycles. The summed E-state index contributed by atoms with van der Waals surface area (Å²) in [6.07, 6.45) is 1.59. The summed E-state index contributed by atoms with van der Waals surface area (Å²) in [7, 11) is -4.66. The van der Waals surface area contributed by atoms with Crippen LogP contribution in [0.5, 0.6) is 5.88 Å². The maximum absolute atomic E-state index is 12.8. The zero-order valence-corrected chi connectivity index (χ0v) is 14.1. The average molecular weight is 356 g/mol. The van der Waals surface area contributed by atoms with Gasteiger partial charge in [0.05, 0.1) is 16.7 Å². The first kappa shape index (κ1) is 18.1. The Hall–Kier alpha value is -2.22. The van der Waals surface area contributed by atoms with Crippen LogP contribution in [0.1, 0.15) is 19.4 Å². The van der Waals surface area contributed by atoms with Crippen LogP contribution in [0.25, 0.3) is 0 Å². The molecule has 0 atom stereocenters. The first-order valence-electron chi connectivity index (χ1n) is 7.27. The van der Waals surface area contributed by atoms with Gasteiger partial charge in [0, 0.05) is 18.8 Å². The van der Waals surface area contributed by atoms with Gasteiger partial charge in [-0.15, -0.1) is 0 Å². The smallest absolute Gasteiger partial charge is 0.341 e. The number of pyridine rings is 1. The molecule has 0 saturated carbocycles. The Bertz CT molecular complexity index is 778. The van der Waals surface area contributed by atoms with Crippen LogP contribution < -0.4 is 10.1 Å². The third-order valence-electron chi connectivity index (χ3n) is 3.07. The van der Waals surface area contributed by atoms with E-state index in [-0.39, 0.29) is 18.3 Å². The second-order valence-electron chi connectivity index (χ2n) is 5.33. The van der Waals surface area contributed by atoms with E-state index in [2.05, 4.69) is 10.3 Å². The minimum absolute atomic E-state index is 0.00732. The molecule has 0 bridgehead atoms. The highest BCUT2D eigenvalue weighted by molar-refractivity contribution is 7.91. The van der Waals surface area contributed by atoms with Gasteiger partial charge < -0.3 is 10.1 Å². The SMILES string of the molecule is CC(C)Oc1ccc(CNc2ccccc2S(=O)(=O)C(F)F)cn1. The van der Waals surface area contributed by atoms with Gasteiger partial charge in [0.15, 0.2) is 0 Å². The molecule has 0 radical (unpaired) electrons. The number of halogens is 2. The van der Waals surface area contributed by atoms with Crippen molar-refractivity contribution in [2.75, 3.05) is 5.32 Å². The van der Waals surface area contributed by atoms with Crippen LogP contribution in [0.2, 0.25) is 0 Å². The molecule has 0 aliphatic carbocycles. The zero-order chi connectivity index (χ0) is 17.7. The molecule has 5 nitrogen and oxygen atoms in total. The number of aromatic nitrogens is 1. The first-order chi connectivity index (χ1) is 11.3. The van der Waals surface area contributed by atoms with Crippen molar-refractivity contribution in [2.24, 2.45) is 0 Å². The summed E-state index contributed by atoms with van der Waals surface area (Å²) in [6.45, 7) is 4.01. The van der Waals surface area contributed by atoms with Gasteiger partial charge in [-0.1, -0.05) is 18.2 Å². The number of hydrogen-bond acceptors (Lipinski definition) is 5. The number of para-hydroxylation sites is 1. The molecule has 1 aromatic carbocycles. The van der Waals surface area contributed by atoms with Crippen LogP contribution in [-0.2, 0) is 16.4 Å². The van der Waals surface area contributed by atoms with Crippen molar-refractivity contribution in [3.63, 3.8) is 0 Å². The summed E-state index contributed by atoms with van der Waals surface area (Å²) in [5.74, 6) is -2.98.